The summed E-state index contributed by atoms with van der Waals surface area (Å²) >= 11 is 0. The van der Waals surface area contributed by atoms with Crippen LogP contribution in [0.1, 0.15) is 32.6 Å². The lowest BCUT2D eigenvalue weighted by Crippen LogP contribution is -2.40. The highest BCUT2D eigenvalue weighted by atomic mass is 16.2. The van der Waals surface area contributed by atoms with E-state index in [-0.39, 0.29) is 17.7 Å². The van der Waals surface area contributed by atoms with Crippen molar-refractivity contribution in [1.82, 2.24) is 9.80 Å². The lowest BCUT2D eigenvalue weighted by Gasteiger charge is -2.21. The number of carbonyl (C=O) groups is 2. The van der Waals surface area contributed by atoms with Gasteiger partial charge >= 0.3 is 0 Å². The summed E-state index contributed by atoms with van der Waals surface area (Å²) in [4.78, 5) is 28.1. The Labute approximate surface area is 108 Å². The highest BCUT2D eigenvalue weighted by Crippen LogP contribution is 2.58. The Bertz CT molecular complexity index is 359. The number of likely N-dealkylation sites (N-methyl/N-ethyl adjacent to an activating group) is 1. The largest absolute Gasteiger partial charge is 0.341 e. The molecular weight excluding hydrogens is 228 g/mol. The van der Waals surface area contributed by atoms with Crippen molar-refractivity contribution in [2.75, 3.05) is 26.2 Å². The van der Waals surface area contributed by atoms with Gasteiger partial charge in [0.15, 0.2) is 0 Å². The zero-order valence-electron chi connectivity index (χ0n) is 11.1. The van der Waals surface area contributed by atoms with Crippen LogP contribution in [0.15, 0.2) is 0 Å². The fourth-order valence-corrected chi connectivity index (χ4v) is 3.84. The molecule has 0 radical (unpaired) electrons. The molecule has 2 saturated carbocycles. The van der Waals surface area contributed by atoms with Crippen LogP contribution in [0, 0.1) is 17.8 Å². The monoisotopic (exact) mass is 250 g/mol. The van der Waals surface area contributed by atoms with Gasteiger partial charge in [-0.2, -0.15) is 0 Å². The summed E-state index contributed by atoms with van der Waals surface area (Å²) in [6.45, 7) is 4.63. The molecule has 0 spiro atoms. The van der Waals surface area contributed by atoms with Crippen LogP contribution in [-0.2, 0) is 9.59 Å². The highest BCUT2D eigenvalue weighted by molar-refractivity contribution is 5.88. The van der Waals surface area contributed by atoms with Crippen LogP contribution >= 0.6 is 0 Å². The Morgan fingerprint density at radius 2 is 1.94 bits per heavy atom. The molecule has 1 saturated heterocycles. The molecule has 3 aliphatic rings. The van der Waals surface area contributed by atoms with Gasteiger partial charge in [-0.25, -0.2) is 0 Å². The van der Waals surface area contributed by atoms with Crippen LogP contribution in [0.25, 0.3) is 0 Å². The topological polar surface area (TPSA) is 40.6 Å². The number of hydrogen-bond acceptors (Lipinski definition) is 2. The van der Waals surface area contributed by atoms with Crippen molar-refractivity contribution < 1.29 is 9.59 Å². The molecule has 3 fully saturated rings. The van der Waals surface area contributed by atoms with Gasteiger partial charge < -0.3 is 9.80 Å². The van der Waals surface area contributed by atoms with E-state index < -0.39 is 0 Å². The first-order valence-electron chi connectivity index (χ1n) is 7.29. The van der Waals surface area contributed by atoms with Crippen molar-refractivity contribution in [3.63, 3.8) is 0 Å². The standard InChI is InChI=1S/C14H22N2O2/c1-2-15-7-4-8-16(9-12(15)17)14(18)13-10-5-3-6-11(10)13/h10-11,13H,2-9H2,1H3. The lowest BCUT2D eigenvalue weighted by molar-refractivity contribution is -0.139. The molecule has 100 valence electrons. The molecule has 2 atom stereocenters. The zero-order valence-corrected chi connectivity index (χ0v) is 11.1. The van der Waals surface area contributed by atoms with Crippen LogP contribution in [-0.4, -0.2) is 47.8 Å². The second-order valence-corrected chi connectivity index (χ2v) is 5.87. The van der Waals surface area contributed by atoms with E-state index in [0.717, 1.165) is 26.1 Å². The number of carbonyl (C=O) groups excluding carboxylic acids is 2. The second kappa shape index (κ2) is 4.56. The third-order valence-corrected chi connectivity index (χ3v) is 4.92. The van der Waals surface area contributed by atoms with Crippen molar-refractivity contribution in [1.29, 1.82) is 0 Å². The van der Waals surface area contributed by atoms with E-state index in [1.807, 2.05) is 16.7 Å². The van der Waals surface area contributed by atoms with E-state index in [4.69, 9.17) is 0 Å². The van der Waals surface area contributed by atoms with Crippen molar-refractivity contribution in [2.24, 2.45) is 17.8 Å². The van der Waals surface area contributed by atoms with Crippen molar-refractivity contribution in [3.05, 3.63) is 0 Å². The maximum absolute atomic E-state index is 12.4. The highest BCUT2D eigenvalue weighted by Gasteiger charge is 2.57. The number of rotatable bonds is 2. The molecule has 0 aromatic heterocycles. The van der Waals surface area contributed by atoms with Gasteiger partial charge in [-0.05, 0) is 38.0 Å². The molecule has 0 N–H and O–H groups in total. The van der Waals surface area contributed by atoms with Gasteiger partial charge in [-0.1, -0.05) is 6.42 Å². The van der Waals surface area contributed by atoms with E-state index in [1.165, 1.54) is 19.3 Å². The molecule has 2 amide bonds. The minimum atomic E-state index is 0.120. The van der Waals surface area contributed by atoms with Crippen LogP contribution in [0.2, 0.25) is 0 Å². The van der Waals surface area contributed by atoms with E-state index in [1.54, 1.807) is 0 Å². The van der Waals surface area contributed by atoms with Crippen LogP contribution in [0.3, 0.4) is 0 Å². The molecule has 0 aromatic carbocycles. The fourth-order valence-electron chi connectivity index (χ4n) is 3.84. The second-order valence-electron chi connectivity index (χ2n) is 5.87. The predicted octanol–water partition coefficient (Wildman–Crippen LogP) is 1.11. The summed E-state index contributed by atoms with van der Waals surface area (Å²) in [6, 6.07) is 0. The van der Waals surface area contributed by atoms with Gasteiger partial charge in [-0.3, -0.25) is 9.59 Å². The molecule has 2 aliphatic carbocycles. The molecule has 4 nitrogen and oxygen atoms in total. The zero-order chi connectivity index (χ0) is 12.7. The van der Waals surface area contributed by atoms with Crippen LogP contribution in [0.5, 0.6) is 0 Å². The summed E-state index contributed by atoms with van der Waals surface area (Å²) in [5, 5.41) is 0. The molecule has 1 heterocycles. The van der Waals surface area contributed by atoms with E-state index in [2.05, 4.69) is 0 Å². The molecule has 0 bridgehead atoms. The minimum absolute atomic E-state index is 0.120. The molecule has 1 aliphatic heterocycles. The fraction of sp³-hybridized carbons (Fsp3) is 0.857. The number of fused-ring (bicyclic) bond motifs is 1. The Balaban J connectivity index is 1.62. The number of hydrogen-bond donors (Lipinski definition) is 0. The van der Waals surface area contributed by atoms with Gasteiger partial charge in [0.25, 0.3) is 0 Å². The van der Waals surface area contributed by atoms with Crippen molar-refractivity contribution >= 4 is 11.8 Å². The summed E-state index contributed by atoms with van der Waals surface area (Å²) in [5.41, 5.74) is 0. The number of amides is 2. The van der Waals surface area contributed by atoms with Gasteiger partial charge in [0, 0.05) is 25.6 Å². The Kier molecular flexibility index (Phi) is 3.04. The maximum atomic E-state index is 12.4. The molecule has 2 unspecified atom stereocenters. The lowest BCUT2D eigenvalue weighted by atomic mass is 10.1. The Hall–Kier alpha value is -1.06. The molecule has 0 aromatic rings. The van der Waals surface area contributed by atoms with Crippen molar-refractivity contribution in [3.8, 4) is 0 Å². The number of nitrogens with zero attached hydrogens (tertiary/aromatic N) is 2. The van der Waals surface area contributed by atoms with E-state index >= 15 is 0 Å². The third kappa shape index (κ3) is 1.91. The smallest absolute Gasteiger partial charge is 0.242 e. The normalized spacial score (nSPS) is 35.4. The van der Waals surface area contributed by atoms with Gasteiger partial charge in [0.2, 0.25) is 11.8 Å². The predicted molar refractivity (Wildman–Crippen MR) is 67.8 cm³/mol. The first kappa shape index (κ1) is 12.0. The first-order valence-corrected chi connectivity index (χ1v) is 7.29. The molecule has 18 heavy (non-hydrogen) atoms. The van der Waals surface area contributed by atoms with E-state index in [9.17, 15) is 9.59 Å². The first-order chi connectivity index (χ1) is 8.72. The summed E-state index contributed by atoms with van der Waals surface area (Å²) in [6.07, 6.45) is 4.67. The Morgan fingerprint density at radius 3 is 2.61 bits per heavy atom. The van der Waals surface area contributed by atoms with Gasteiger partial charge in [0.05, 0.1) is 6.54 Å². The van der Waals surface area contributed by atoms with Gasteiger partial charge in [-0.15, -0.1) is 0 Å². The molecule has 3 rings (SSSR count). The van der Waals surface area contributed by atoms with Crippen LogP contribution < -0.4 is 0 Å². The summed E-state index contributed by atoms with van der Waals surface area (Å²) in [7, 11) is 0. The maximum Gasteiger partial charge on any atom is 0.242 e. The van der Waals surface area contributed by atoms with Crippen molar-refractivity contribution in [2.45, 2.75) is 32.6 Å². The summed E-state index contributed by atoms with van der Waals surface area (Å²) < 4.78 is 0. The molecular formula is C14H22N2O2. The Morgan fingerprint density at radius 1 is 1.22 bits per heavy atom. The quantitative estimate of drug-likeness (QED) is 0.736. The third-order valence-electron chi connectivity index (χ3n) is 4.92. The average Bonchev–Trinajstić information content (AvgIpc) is 2.93. The van der Waals surface area contributed by atoms with Gasteiger partial charge in [0.1, 0.15) is 0 Å². The summed E-state index contributed by atoms with van der Waals surface area (Å²) in [5.74, 6) is 1.95. The average molecular weight is 250 g/mol. The van der Waals surface area contributed by atoms with E-state index in [0.29, 0.717) is 18.4 Å². The molecule has 4 heteroatoms. The SMILES string of the molecule is CCN1CCCN(C(=O)C2C3CCCC32)CC1=O. The van der Waals surface area contributed by atoms with Crippen LogP contribution in [0.4, 0.5) is 0 Å². The minimum Gasteiger partial charge on any atom is -0.341 e.